The van der Waals surface area contributed by atoms with Crippen molar-refractivity contribution < 1.29 is 9.47 Å². The van der Waals surface area contributed by atoms with Gasteiger partial charge < -0.3 is 20.1 Å². The Balaban J connectivity index is 1.62. The van der Waals surface area contributed by atoms with E-state index in [9.17, 15) is 0 Å². The van der Waals surface area contributed by atoms with Crippen LogP contribution in [0.4, 0.5) is 11.5 Å². The molecule has 0 unspecified atom stereocenters. The minimum absolute atomic E-state index is 0.429. The van der Waals surface area contributed by atoms with E-state index in [0.717, 1.165) is 5.69 Å². The lowest BCUT2D eigenvalue weighted by molar-refractivity contribution is 0.395. The summed E-state index contributed by atoms with van der Waals surface area (Å²) in [7, 11) is 3.21. The molecule has 26 heavy (non-hydrogen) atoms. The molecule has 0 amide bonds. The maximum absolute atomic E-state index is 5.37. The lowest BCUT2D eigenvalue weighted by atomic mass is 10.2. The molecule has 6 nitrogen and oxygen atoms in total. The zero-order valence-corrected chi connectivity index (χ0v) is 15.4. The highest BCUT2D eigenvalue weighted by molar-refractivity contribution is 7.80. The number of hydrogen-bond acceptors (Lipinski definition) is 4. The van der Waals surface area contributed by atoms with Gasteiger partial charge in [-0.2, -0.15) is 5.10 Å². The lowest BCUT2D eigenvalue weighted by Crippen LogP contribution is -2.20. The summed E-state index contributed by atoms with van der Waals surface area (Å²) < 4.78 is 12.4. The molecule has 2 N–H and O–H groups in total. The second kappa shape index (κ2) is 8.35. The molecule has 1 heterocycles. The minimum atomic E-state index is 0.429. The third-order valence-corrected chi connectivity index (χ3v) is 3.93. The van der Waals surface area contributed by atoms with Gasteiger partial charge in [-0.25, -0.2) is 0 Å². The van der Waals surface area contributed by atoms with Gasteiger partial charge in [0.15, 0.2) is 10.9 Å². The van der Waals surface area contributed by atoms with Gasteiger partial charge in [0, 0.05) is 18.3 Å². The number of rotatable bonds is 6. The fourth-order valence-corrected chi connectivity index (χ4v) is 2.67. The summed E-state index contributed by atoms with van der Waals surface area (Å²) in [5, 5.41) is 11.1. The Morgan fingerprint density at radius 1 is 1.04 bits per heavy atom. The number of nitrogens with zero attached hydrogens (tertiary/aromatic N) is 2. The Hall–Kier alpha value is -3.06. The molecule has 1 aromatic heterocycles. The summed E-state index contributed by atoms with van der Waals surface area (Å²) in [5.41, 5.74) is 1.93. The van der Waals surface area contributed by atoms with Gasteiger partial charge in [-0.3, -0.25) is 4.68 Å². The highest BCUT2D eigenvalue weighted by atomic mass is 32.1. The topological polar surface area (TPSA) is 60.3 Å². The van der Waals surface area contributed by atoms with E-state index in [-0.39, 0.29) is 0 Å². The van der Waals surface area contributed by atoms with Crippen LogP contribution < -0.4 is 20.1 Å². The van der Waals surface area contributed by atoms with Gasteiger partial charge in [0.25, 0.3) is 0 Å². The van der Waals surface area contributed by atoms with Gasteiger partial charge in [-0.05, 0) is 29.9 Å². The van der Waals surface area contributed by atoms with E-state index in [1.165, 1.54) is 5.56 Å². The number of hydrogen-bond donors (Lipinski definition) is 2. The smallest absolute Gasteiger partial charge is 0.176 e. The summed E-state index contributed by atoms with van der Waals surface area (Å²) in [5.74, 6) is 2.03. The molecular formula is C19H20N4O2S. The average Bonchev–Trinajstić information content (AvgIpc) is 3.09. The first-order chi connectivity index (χ1) is 12.7. The molecular weight excluding hydrogens is 348 g/mol. The minimum Gasteiger partial charge on any atom is -0.497 e. The molecule has 0 saturated heterocycles. The third-order valence-electron chi connectivity index (χ3n) is 3.73. The first-order valence-electron chi connectivity index (χ1n) is 8.05. The normalized spacial score (nSPS) is 10.2. The van der Waals surface area contributed by atoms with E-state index < -0.39 is 0 Å². The van der Waals surface area contributed by atoms with Crippen LogP contribution in [0.5, 0.6) is 11.5 Å². The molecule has 134 valence electrons. The molecule has 0 aliphatic heterocycles. The number of thiocarbonyl (C=S) groups is 1. The van der Waals surface area contributed by atoms with Crippen LogP contribution in [-0.2, 0) is 6.54 Å². The Bertz CT molecular complexity index is 880. The van der Waals surface area contributed by atoms with Crippen molar-refractivity contribution >= 4 is 28.8 Å². The SMILES string of the molecule is COc1ccc(NC(=S)Nc2ccn(Cc3ccccc3)n2)c(OC)c1. The van der Waals surface area contributed by atoms with Crippen molar-refractivity contribution in [3.63, 3.8) is 0 Å². The molecule has 0 spiro atoms. The summed E-state index contributed by atoms with van der Waals surface area (Å²) in [4.78, 5) is 0. The standard InChI is InChI=1S/C19H20N4O2S/c1-24-15-8-9-16(17(12-15)25-2)20-19(26)21-18-10-11-23(22-18)13-14-6-4-3-5-7-14/h3-12H,13H2,1-2H3,(H2,20,21,22,26). The van der Waals surface area contributed by atoms with Crippen molar-refractivity contribution in [3.8, 4) is 11.5 Å². The number of methoxy groups -OCH3 is 2. The maximum atomic E-state index is 5.37. The largest absolute Gasteiger partial charge is 0.497 e. The van der Waals surface area contributed by atoms with Gasteiger partial charge in [0.05, 0.1) is 26.5 Å². The monoisotopic (exact) mass is 368 g/mol. The van der Waals surface area contributed by atoms with Crippen molar-refractivity contribution in [2.24, 2.45) is 0 Å². The first kappa shape index (κ1) is 17.8. The van der Waals surface area contributed by atoms with Gasteiger partial charge >= 0.3 is 0 Å². The van der Waals surface area contributed by atoms with Crippen molar-refractivity contribution in [3.05, 3.63) is 66.4 Å². The number of aromatic nitrogens is 2. The molecule has 0 aliphatic carbocycles. The Morgan fingerprint density at radius 2 is 1.85 bits per heavy atom. The van der Waals surface area contributed by atoms with E-state index in [1.54, 1.807) is 20.3 Å². The van der Waals surface area contributed by atoms with E-state index in [4.69, 9.17) is 21.7 Å². The molecule has 2 aromatic carbocycles. The van der Waals surface area contributed by atoms with E-state index in [2.05, 4.69) is 27.9 Å². The molecule has 3 rings (SSSR count). The van der Waals surface area contributed by atoms with Gasteiger partial charge in [0.1, 0.15) is 11.5 Å². The van der Waals surface area contributed by atoms with Crippen molar-refractivity contribution in [2.75, 3.05) is 24.9 Å². The first-order valence-corrected chi connectivity index (χ1v) is 8.46. The summed E-state index contributed by atoms with van der Waals surface area (Å²) in [6.45, 7) is 0.703. The third kappa shape index (κ3) is 4.52. The molecule has 0 saturated carbocycles. The van der Waals surface area contributed by atoms with Crippen LogP contribution in [0, 0.1) is 0 Å². The molecule has 0 radical (unpaired) electrons. The second-order valence-corrected chi connectivity index (χ2v) is 5.94. The highest BCUT2D eigenvalue weighted by Gasteiger charge is 2.08. The predicted octanol–water partition coefficient (Wildman–Crippen LogP) is 3.76. The lowest BCUT2D eigenvalue weighted by Gasteiger charge is -2.13. The van der Waals surface area contributed by atoms with E-state index >= 15 is 0 Å². The Morgan fingerprint density at radius 3 is 2.58 bits per heavy atom. The van der Waals surface area contributed by atoms with Crippen molar-refractivity contribution in [2.45, 2.75) is 6.54 Å². The highest BCUT2D eigenvalue weighted by Crippen LogP contribution is 2.29. The molecule has 0 fully saturated rings. The van der Waals surface area contributed by atoms with E-state index in [0.29, 0.717) is 29.0 Å². The molecule has 3 aromatic rings. The number of anilines is 2. The van der Waals surface area contributed by atoms with Gasteiger partial charge in [-0.15, -0.1) is 0 Å². The molecule has 0 atom stereocenters. The van der Waals surface area contributed by atoms with Gasteiger partial charge in [0.2, 0.25) is 0 Å². The zero-order chi connectivity index (χ0) is 18.4. The quantitative estimate of drug-likeness (QED) is 0.646. The van der Waals surface area contributed by atoms with Crippen LogP contribution in [-0.4, -0.2) is 29.1 Å². The van der Waals surface area contributed by atoms with Gasteiger partial charge in [-0.1, -0.05) is 30.3 Å². The van der Waals surface area contributed by atoms with Crippen LogP contribution in [0.15, 0.2) is 60.8 Å². The predicted molar refractivity (Wildman–Crippen MR) is 107 cm³/mol. The zero-order valence-electron chi connectivity index (χ0n) is 14.6. The van der Waals surface area contributed by atoms with E-state index in [1.807, 2.05) is 47.3 Å². The van der Waals surface area contributed by atoms with Crippen LogP contribution >= 0.6 is 12.2 Å². The molecule has 0 aliphatic rings. The van der Waals surface area contributed by atoms with Crippen LogP contribution in [0.2, 0.25) is 0 Å². The molecule has 7 heteroatoms. The van der Waals surface area contributed by atoms with Crippen LogP contribution in [0.25, 0.3) is 0 Å². The fraction of sp³-hybridized carbons (Fsp3) is 0.158. The summed E-state index contributed by atoms with van der Waals surface area (Å²) >= 11 is 5.37. The maximum Gasteiger partial charge on any atom is 0.176 e. The fourth-order valence-electron chi connectivity index (χ4n) is 2.46. The number of ether oxygens (including phenoxy) is 2. The van der Waals surface area contributed by atoms with Crippen molar-refractivity contribution in [1.82, 2.24) is 9.78 Å². The molecule has 0 bridgehead atoms. The van der Waals surface area contributed by atoms with Crippen LogP contribution in [0.3, 0.4) is 0 Å². The second-order valence-electron chi connectivity index (χ2n) is 5.53. The Kier molecular flexibility index (Phi) is 5.70. The summed E-state index contributed by atoms with van der Waals surface area (Å²) in [6.07, 6.45) is 1.91. The average molecular weight is 368 g/mol. The Labute approximate surface area is 157 Å². The summed E-state index contributed by atoms with van der Waals surface area (Å²) in [6, 6.07) is 17.5. The van der Waals surface area contributed by atoms with Crippen LogP contribution in [0.1, 0.15) is 5.56 Å². The number of benzene rings is 2. The van der Waals surface area contributed by atoms with Crippen molar-refractivity contribution in [1.29, 1.82) is 0 Å². The number of nitrogens with one attached hydrogen (secondary N) is 2.